The summed E-state index contributed by atoms with van der Waals surface area (Å²) >= 11 is 0. The van der Waals surface area contributed by atoms with Crippen LogP contribution in [0.15, 0.2) is 60.7 Å². The van der Waals surface area contributed by atoms with Gasteiger partial charge >= 0.3 is 18.0 Å². The van der Waals surface area contributed by atoms with Crippen LogP contribution in [0.1, 0.15) is 70.4 Å². The number of esters is 2. The Balaban J connectivity index is 1.54. The number of nitrogens with one attached hydrogen (secondary N) is 1. The number of aliphatic hydroxyl groups is 1. The van der Waals surface area contributed by atoms with Crippen molar-refractivity contribution in [2.75, 3.05) is 19.6 Å². The molecule has 1 unspecified atom stereocenters. The fourth-order valence-corrected chi connectivity index (χ4v) is 5.16. The van der Waals surface area contributed by atoms with Crippen molar-refractivity contribution >= 4 is 23.9 Å². The van der Waals surface area contributed by atoms with Crippen LogP contribution in [0.5, 0.6) is 0 Å². The second kappa shape index (κ2) is 17.6. The number of hydrogen-bond acceptors (Lipinski definition) is 10. The number of unbranched alkanes of at least 4 members (excludes halogenated alkanes) is 1. The molecule has 0 bridgehead atoms. The van der Waals surface area contributed by atoms with Gasteiger partial charge in [-0.15, -0.1) is 0 Å². The summed E-state index contributed by atoms with van der Waals surface area (Å²) in [5.41, 5.74) is 10.4. The molecule has 12 nitrogen and oxygen atoms in total. The van der Waals surface area contributed by atoms with Crippen LogP contribution in [0, 0.1) is 5.92 Å². The number of carbonyl (C=O) groups excluding carboxylic acids is 4. The molecular weight excluding hydrogens is 592 g/mol. The maximum atomic E-state index is 13.4. The van der Waals surface area contributed by atoms with Gasteiger partial charge in [0.1, 0.15) is 12.1 Å². The van der Waals surface area contributed by atoms with Crippen molar-refractivity contribution in [3.8, 4) is 0 Å². The van der Waals surface area contributed by atoms with Crippen LogP contribution < -0.4 is 16.8 Å². The number of nitrogens with zero attached hydrogens (tertiary/aromatic N) is 1. The number of nitrogens with two attached hydrogens (primary N) is 2. The Hall–Kier alpha value is -4.00. The lowest BCUT2D eigenvalue weighted by atomic mass is 9.86. The van der Waals surface area contributed by atoms with Gasteiger partial charge in [-0.1, -0.05) is 80.9 Å². The van der Waals surface area contributed by atoms with Crippen molar-refractivity contribution in [1.29, 1.82) is 0 Å². The lowest BCUT2D eigenvalue weighted by Crippen LogP contribution is -2.51. The molecule has 1 aliphatic heterocycles. The van der Waals surface area contributed by atoms with Gasteiger partial charge in [0.05, 0.1) is 6.04 Å². The van der Waals surface area contributed by atoms with Gasteiger partial charge < -0.3 is 41.0 Å². The minimum Gasteiger partial charge on any atom is -0.460 e. The normalized spacial score (nSPS) is 16.4. The number of likely N-dealkylation sites (tertiary alicyclic amines) is 1. The van der Waals surface area contributed by atoms with Crippen molar-refractivity contribution < 1.29 is 38.5 Å². The van der Waals surface area contributed by atoms with Gasteiger partial charge in [-0.3, -0.25) is 4.79 Å². The molecule has 4 atom stereocenters. The van der Waals surface area contributed by atoms with E-state index < -0.39 is 54.0 Å². The highest BCUT2D eigenvalue weighted by molar-refractivity contribution is 5.87. The molecule has 1 saturated heterocycles. The van der Waals surface area contributed by atoms with Crippen LogP contribution in [-0.2, 0) is 34.2 Å². The zero-order valence-corrected chi connectivity index (χ0v) is 26.9. The van der Waals surface area contributed by atoms with E-state index in [0.29, 0.717) is 56.2 Å². The van der Waals surface area contributed by atoms with E-state index in [9.17, 15) is 24.3 Å². The molecule has 1 aliphatic rings. The second-order valence-corrected chi connectivity index (χ2v) is 11.7. The minimum absolute atomic E-state index is 0.0767. The molecule has 2 aromatic carbocycles. The molecule has 252 valence electrons. The summed E-state index contributed by atoms with van der Waals surface area (Å²) in [5, 5.41) is 14.3. The number of rotatable bonds is 15. The highest BCUT2D eigenvalue weighted by Gasteiger charge is 2.43. The maximum absolute atomic E-state index is 13.4. The van der Waals surface area contributed by atoms with E-state index in [-0.39, 0.29) is 19.0 Å². The lowest BCUT2D eigenvalue weighted by molar-refractivity contribution is -0.171. The first-order valence-electron chi connectivity index (χ1n) is 16.0. The Bertz CT molecular complexity index is 1230. The third-order valence-corrected chi connectivity index (χ3v) is 8.31. The van der Waals surface area contributed by atoms with Crippen LogP contribution >= 0.6 is 0 Å². The lowest BCUT2D eigenvalue weighted by Gasteiger charge is -2.34. The quantitative estimate of drug-likeness (QED) is 0.128. The molecule has 3 rings (SSSR count). The number of ether oxygens (including phenoxy) is 3. The number of carbonyl (C=O) groups is 4. The molecule has 2 amide bonds. The van der Waals surface area contributed by atoms with Crippen LogP contribution in [-0.4, -0.2) is 78.1 Å². The van der Waals surface area contributed by atoms with Crippen LogP contribution in [0.25, 0.3) is 0 Å². The van der Waals surface area contributed by atoms with Gasteiger partial charge in [-0.2, -0.15) is 0 Å². The SMILES string of the molecule is CC[C@H](C)[C@H](N)C(=O)N[C@@H](CCCCN)C(=O)OC(C)OC(=O)N1CCC(OC(=O)C(O)(c2ccccc2)c2ccccc2)CC1. The van der Waals surface area contributed by atoms with Crippen molar-refractivity contribution in [1.82, 2.24) is 10.2 Å². The highest BCUT2D eigenvalue weighted by Crippen LogP contribution is 2.32. The molecular formula is C34H48N4O8. The Morgan fingerprint density at radius 1 is 0.957 bits per heavy atom. The topological polar surface area (TPSA) is 184 Å². The van der Waals surface area contributed by atoms with Gasteiger partial charge in [0.15, 0.2) is 0 Å². The predicted molar refractivity (Wildman–Crippen MR) is 171 cm³/mol. The Morgan fingerprint density at radius 3 is 2.04 bits per heavy atom. The summed E-state index contributed by atoms with van der Waals surface area (Å²) in [7, 11) is 0. The standard InChI is InChI=1S/C34H48N4O8/c1-4-23(2)29(36)30(39)37-28(17-11-12-20-35)31(40)44-24(3)45-33(42)38-21-18-27(19-22-38)46-32(41)34(43,25-13-7-5-8-14-25)26-15-9-6-10-16-26/h5-10,13-16,23-24,27-29,43H,4,11-12,17-22,35-36H2,1-3H3,(H,37,39)/t23-,24?,28-,29-/m0/s1. The van der Waals surface area contributed by atoms with E-state index in [1.54, 1.807) is 60.7 Å². The average Bonchev–Trinajstić information content (AvgIpc) is 3.07. The molecule has 6 N–H and O–H groups in total. The van der Waals surface area contributed by atoms with E-state index in [1.165, 1.54) is 11.8 Å². The number of benzene rings is 2. The highest BCUT2D eigenvalue weighted by atomic mass is 16.7. The molecule has 0 aromatic heterocycles. The molecule has 1 heterocycles. The molecule has 2 aromatic rings. The van der Waals surface area contributed by atoms with Crippen molar-refractivity contribution in [3.63, 3.8) is 0 Å². The summed E-state index contributed by atoms with van der Waals surface area (Å²) < 4.78 is 16.5. The summed E-state index contributed by atoms with van der Waals surface area (Å²) in [6.07, 6.45) is 0.420. The summed E-state index contributed by atoms with van der Waals surface area (Å²) in [4.78, 5) is 53.3. The molecule has 1 fully saturated rings. The molecule has 0 saturated carbocycles. The van der Waals surface area contributed by atoms with Crippen molar-refractivity contribution in [3.05, 3.63) is 71.8 Å². The molecule has 46 heavy (non-hydrogen) atoms. The van der Waals surface area contributed by atoms with Crippen molar-refractivity contribution in [2.24, 2.45) is 17.4 Å². The Kier molecular flexibility index (Phi) is 14.0. The fourth-order valence-electron chi connectivity index (χ4n) is 5.16. The maximum Gasteiger partial charge on any atom is 0.412 e. The predicted octanol–water partition coefficient (Wildman–Crippen LogP) is 2.94. The summed E-state index contributed by atoms with van der Waals surface area (Å²) in [6.45, 7) is 6.08. The van der Waals surface area contributed by atoms with E-state index in [2.05, 4.69) is 5.32 Å². The summed E-state index contributed by atoms with van der Waals surface area (Å²) in [5.74, 6) is -2.07. The first kappa shape index (κ1) is 36.5. The van der Waals surface area contributed by atoms with Gasteiger partial charge in [0, 0.05) is 32.9 Å². The fraction of sp³-hybridized carbons (Fsp3) is 0.529. The van der Waals surface area contributed by atoms with Gasteiger partial charge in [-0.05, 0) is 42.9 Å². The Labute approximate surface area is 270 Å². The smallest absolute Gasteiger partial charge is 0.412 e. The molecule has 12 heteroatoms. The first-order chi connectivity index (χ1) is 22.0. The van der Waals surface area contributed by atoms with Gasteiger partial charge in [-0.25, -0.2) is 14.4 Å². The Morgan fingerprint density at radius 2 is 1.52 bits per heavy atom. The molecule has 0 aliphatic carbocycles. The second-order valence-electron chi connectivity index (χ2n) is 11.7. The van der Waals surface area contributed by atoms with E-state index in [0.717, 1.165) is 0 Å². The third-order valence-electron chi connectivity index (χ3n) is 8.31. The van der Waals surface area contributed by atoms with Crippen molar-refractivity contribution in [2.45, 2.75) is 89.4 Å². The van der Waals surface area contributed by atoms with E-state index in [1.807, 2.05) is 13.8 Å². The van der Waals surface area contributed by atoms with Crippen LogP contribution in [0.4, 0.5) is 4.79 Å². The minimum atomic E-state index is -2.00. The average molecular weight is 641 g/mol. The van der Waals surface area contributed by atoms with Gasteiger partial charge in [0.25, 0.3) is 0 Å². The van der Waals surface area contributed by atoms with E-state index >= 15 is 0 Å². The number of amides is 2. The molecule has 0 radical (unpaired) electrons. The number of hydrogen-bond donors (Lipinski definition) is 4. The van der Waals surface area contributed by atoms with Crippen LogP contribution in [0.3, 0.4) is 0 Å². The first-order valence-corrected chi connectivity index (χ1v) is 16.0. The third kappa shape index (κ3) is 9.75. The zero-order chi connectivity index (χ0) is 33.7. The largest absolute Gasteiger partial charge is 0.460 e. The van der Waals surface area contributed by atoms with Gasteiger partial charge in [0.2, 0.25) is 17.8 Å². The van der Waals surface area contributed by atoms with Crippen LogP contribution in [0.2, 0.25) is 0 Å². The molecule has 0 spiro atoms. The monoisotopic (exact) mass is 640 g/mol. The van der Waals surface area contributed by atoms with E-state index in [4.69, 9.17) is 25.7 Å². The summed E-state index contributed by atoms with van der Waals surface area (Å²) in [6, 6.07) is 15.4. The zero-order valence-electron chi connectivity index (χ0n) is 26.9. The number of piperidine rings is 1.